The largest absolute Gasteiger partial charge is 0.396 e. The van der Waals surface area contributed by atoms with E-state index in [1.807, 2.05) is 13.0 Å². The summed E-state index contributed by atoms with van der Waals surface area (Å²) in [6.45, 7) is 2.07. The number of carbonyl (C=O) groups excluding carboxylic acids is 1. The molecule has 0 bridgehead atoms. The van der Waals surface area contributed by atoms with Gasteiger partial charge in [0.25, 0.3) is 5.91 Å². The number of aliphatic hydroxyl groups is 1. The van der Waals surface area contributed by atoms with Crippen molar-refractivity contribution in [3.63, 3.8) is 0 Å². The lowest BCUT2D eigenvalue weighted by atomic mass is 10.1. The Hall–Kier alpha value is -0.520. The normalized spacial score (nSPS) is 12.2. The van der Waals surface area contributed by atoms with Crippen molar-refractivity contribution in [3.8, 4) is 0 Å². The average Bonchev–Trinajstić information content (AvgIpc) is 2.29. The highest BCUT2D eigenvalue weighted by molar-refractivity contribution is 9.10. The minimum atomic E-state index is -0.127. The molecular formula is C12H16BrNO2S. The van der Waals surface area contributed by atoms with Crippen LogP contribution in [0.2, 0.25) is 0 Å². The second-order valence-electron chi connectivity index (χ2n) is 3.90. The molecule has 0 aliphatic heterocycles. The van der Waals surface area contributed by atoms with Crippen molar-refractivity contribution in [1.82, 2.24) is 5.32 Å². The van der Waals surface area contributed by atoms with Gasteiger partial charge in [-0.25, -0.2) is 0 Å². The summed E-state index contributed by atoms with van der Waals surface area (Å²) in [5.74, 6) is -0.127. The van der Waals surface area contributed by atoms with Crippen LogP contribution in [-0.2, 0) is 0 Å². The first-order valence-electron chi connectivity index (χ1n) is 5.45. The quantitative estimate of drug-likeness (QED) is 0.731. The molecule has 0 aromatic heterocycles. The van der Waals surface area contributed by atoms with Crippen LogP contribution in [0.4, 0.5) is 0 Å². The Labute approximate surface area is 115 Å². The van der Waals surface area contributed by atoms with Gasteiger partial charge in [0.2, 0.25) is 0 Å². The summed E-state index contributed by atoms with van der Waals surface area (Å²) in [5, 5.41) is 11.6. The highest BCUT2D eigenvalue weighted by Gasteiger charge is 2.12. The van der Waals surface area contributed by atoms with E-state index < -0.39 is 0 Å². The molecule has 1 rings (SSSR count). The second kappa shape index (κ2) is 7.03. The van der Waals surface area contributed by atoms with Gasteiger partial charge in [0.1, 0.15) is 0 Å². The molecule has 5 heteroatoms. The maximum atomic E-state index is 12.0. The van der Waals surface area contributed by atoms with Crippen LogP contribution in [0.15, 0.2) is 27.6 Å². The Bertz CT molecular complexity index is 398. The van der Waals surface area contributed by atoms with E-state index in [0.717, 1.165) is 15.8 Å². The van der Waals surface area contributed by atoms with Crippen molar-refractivity contribution in [3.05, 3.63) is 28.2 Å². The Morgan fingerprint density at radius 1 is 1.59 bits per heavy atom. The van der Waals surface area contributed by atoms with Gasteiger partial charge in [0.15, 0.2) is 0 Å². The minimum Gasteiger partial charge on any atom is -0.396 e. The summed E-state index contributed by atoms with van der Waals surface area (Å²) >= 11 is 7.55. The van der Waals surface area contributed by atoms with Crippen molar-refractivity contribution < 1.29 is 9.90 Å². The molecule has 0 saturated heterocycles. The van der Waals surface area contributed by atoms with Gasteiger partial charge in [-0.15, -0.1) is 12.6 Å². The standard InChI is InChI=1S/C12H16BrNO2S/c1-8(3-2-6-15)14-12(16)10-7-9(17)4-5-11(10)13/h4-5,7-8,15,17H,2-3,6H2,1H3,(H,14,16). The van der Waals surface area contributed by atoms with E-state index in [9.17, 15) is 4.79 Å². The summed E-state index contributed by atoms with van der Waals surface area (Å²) in [4.78, 5) is 12.7. The fourth-order valence-corrected chi connectivity index (χ4v) is 2.09. The Kier molecular flexibility index (Phi) is 6.02. The lowest BCUT2D eigenvalue weighted by Crippen LogP contribution is -2.32. The number of hydrogen-bond acceptors (Lipinski definition) is 3. The zero-order valence-electron chi connectivity index (χ0n) is 9.61. The topological polar surface area (TPSA) is 49.3 Å². The Balaban J connectivity index is 2.66. The SMILES string of the molecule is CC(CCCO)NC(=O)c1cc(S)ccc1Br. The number of halogens is 1. The Morgan fingerprint density at radius 3 is 2.94 bits per heavy atom. The summed E-state index contributed by atoms with van der Waals surface area (Å²) in [6.07, 6.45) is 1.45. The summed E-state index contributed by atoms with van der Waals surface area (Å²) < 4.78 is 0.752. The van der Waals surface area contributed by atoms with Crippen LogP contribution < -0.4 is 5.32 Å². The van der Waals surface area contributed by atoms with E-state index in [1.54, 1.807) is 12.1 Å². The zero-order chi connectivity index (χ0) is 12.8. The lowest BCUT2D eigenvalue weighted by Gasteiger charge is -2.14. The van der Waals surface area contributed by atoms with Crippen LogP contribution in [0.3, 0.4) is 0 Å². The number of nitrogens with one attached hydrogen (secondary N) is 1. The van der Waals surface area contributed by atoms with Crippen molar-refractivity contribution in [2.45, 2.75) is 30.7 Å². The van der Waals surface area contributed by atoms with Crippen molar-refractivity contribution >= 4 is 34.5 Å². The van der Waals surface area contributed by atoms with Gasteiger partial charge in [-0.05, 0) is 53.9 Å². The van der Waals surface area contributed by atoms with Crippen LogP contribution in [0.5, 0.6) is 0 Å². The highest BCUT2D eigenvalue weighted by Crippen LogP contribution is 2.20. The predicted molar refractivity (Wildman–Crippen MR) is 74.6 cm³/mol. The third kappa shape index (κ3) is 4.69. The molecule has 0 saturated carbocycles. The van der Waals surface area contributed by atoms with Crippen molar-refractivity contribution in [2.24, 2.45) is 0 Å². The first kappa shape index (κ1) is 14.5. The molecule has 0 fully saturated rings. The minimum absolute atomic E-state index is 0.0464. The summed E-state index contributed by atoms with van der Waals surface area (Å²) in [5.41, 5.74) is 0.577. The molecule has 2 N–H and O–H groups in total. The van der Waals surface area contributed by atoms with Crippen molar-refractivity contribution in [1.29, 1.82) is 0 Å². The summed E-state index contributed by atoms with van der Waals surface area (Å²) in [6, 6.07) is 5.39. The number of hydrogen-bond donors (Lipinski definition) is 3. The first-order chi connectivity index (χ1) is 8.04. The van der Waals surface area contributed by atoms with Crippen molar-refractivity contribution in [2.75, 3.05) is 6.61 Å². The molecular weight excluding hydrogens is 302 g/mol. The molecule has 0 aliphatic carbocycles. The first-order valence-corrected chi connectivity index (χ1v) is 6.69. The van der Waals surface area contributed by atoms with Crippen LogP contribution >= 0.6 is 28.6 Å². The Morgan fingerprint density at radius 2 is 2.29 bits per heavy atom. The fourth-order valence-electron chi connectivity index (χ4n) is 1.46. The molecule has 3 nitrogen and oxygen atoms in total. The molecule has 1 aromatic carbocycles. The number of carbonyl (C=O) groups is 1. The van der Waals surface area contributed by atoms with Gasteiger partial charge in [0, 0.05) is 22.0 Å². The number of amides is 1. The van der Waals surface area contributed by atoms with E-state index in [1.165, 1.54) is 0 Å². The molecule has 94 valence electrons. The molecule has 0 spiro atoms. The van der Waals surface area contributed by atoms with Crippen LogP contribution in [0.25, 0.3) is 0 Å². The van der Waals surface area contributed by atoms with Gasteiger partial charge >= 0.3 is 0 Å². The van der Waals surface area contributed by atoms with Crippen LogP contribution in [0.1, 0.15) is 30.1 Å². The predicted octanol–water partition coefficient (Wildman–Crippen LogP) is 2.63. The average molecular weight is 318 g/mol. The molecule has 0 radical (unpaired) electrons. The monoisotopic (exact) mass is 317 g/mol. The molecule has 1 aromatic rings. The summed E-state index contributed by atoms with van der Waals surface area (Å²) in [7, 11) is 0. The number of benzene rings is 1. The maximum absolute atomic E-state index is 12.0. The van der Waals surface area contributed by atoms with Gasteiger partial charge in [-0.2, -0.15) is 0 Å². The highest BCUT2D eigenvalue weighted by atomic mass is 79.9. The van der Waals surface area contributed by atoms with Gasteiger partial charge < -0.3 is 10.4 Å². The molecule has 0 heterocycles. The van der Waals surface area contributed by atoms with Gasteiger partial charge in [-0.3, -0.25) is 4.79 Å². The lowest BCUT2D eigenvalue weighted by molar-refractivity contribution is 0.0935. The van der Waals surface area contributed by atoms with E-state index in [0.29, 0.717) is 12.0 Å². The molecule has 1 amide bonds. The number of thiol groups is 1. The van der Waals surface area contributed by atoms with Gasteiger partial charge in [0.05, 0.1) is 5.56 Å². The van der Waals surface area contributed by atoms with E-state index in [2.05, 4.69) is 33.9 Å². The second-order valence-corrected chi connectivity index (χ2v) is 5.28. The smallest absolute Gasteiger partial charge is 0.252 e. The fraction of sp³-hybridized carbons (Fsp3) is 0.417. The van der Waals surface area contributed by atoms with E-state index in [4.69, 9.17) is 5.11 Å². The molecule has 0 aliphatic rings. The van der Waals surface area contributed by atoms with Crippen LogP contribution in [-0.4, -0.2) is 23.7 Å². The third-order valence-corrected chi connectivity index (χ3v) is 3.34. The number of aliphatic hydroxyl groups excluding tert-OH is 1. The maximum Gasteiger partial charge on any atom is 0.252 e. The third-order valence-electron chi connectivity index (χ3n) is 2.37. The van der Waals surface area contributed by atoms with Crippen LogP contribution in [0, 0.1) is 0 Å². The zero-order valence-corrected chi connectivity index (χ0v) is 12.1. The van der Waals surface area contributed by atoms with Gasteiger partial charge in [-0.1, -0.05) is 0 Å². The molecule has 1 unspecified atom stereocenters. The molecule has 1 atom stereocenters. The number of rotatable bonds is 5. The van der Waals surface area contributed by atoms with E-state index in [-0.39, 0.29) is 18.6 Å². The molecule has 17 heavy (non-hydrogen) atoms. The van der Waals surface area contributed by atoms with E-state index >= 15 is 0 Å².